The summed E-state index contributed by atoms with van der Waals surface area (Å²) in [5.74, 6) is -0.120. The molecule has 0 saturated carbocycles. The van der Waals surface area contributed by atoms with E-state index in [1.165, 1.54) is 6.08 Å². The Kier molecular flexibility index (Phi) is 5.32. The third kappa shape index (κ3) is 4.31. The van der Waals surface area contributed by atoms with Crippen molar-refractivity contribution in [3.63, 3.8) is 0 Å². The van der Waals surface area contributed by atoms with Crippen LogP contribution in [0.4, 0.5) is 5.69 Å². The Labute approximate surface area is 125 Å². The highest BCUT2D eigenvalue weighted by molar-refractivity contribution is 6.00. The lowest BCUT2D eigenvalue weighted by Crippen LogP contribution is -2.27. The van der Waals surface area contributed by atoms with Crippen LogP contribution >= 0.6 is 0 Å². The van der Waals surface area contributed by atoms with Gasteiger partial charge in [0.15, 0.2) is 0 Å². The molecule has 2 amide bonds. The molecule has 1 aliphatic rings. The van der Waals surface area contributed by atoms with Gasteiger partial charge in [0.2, 0.25) is 5.91 Å². The van der Waals surface area contributed by atoms with E-state index in [1.807, 2.05) is 17.9 Å². The number of hydrogen-bond donors (Lipinski definition) is 1. The van der Waals surface area contributed by atoms with Crippen molar-refractivity contribution in [2.75, 3.05) is 18.4 Å². The van der Waals surface area contributed by atoms with E-state index in [0.717, 1.165) is 25.9 Å². The number of carbonyl (C=O) groups is 2. The highest BCUT2D eigenvalue weighted by atomic mass is 16.2. The molecular weight excluding hydrogens is 264 g/mol. The first-order valence-electron chi connectivity index (χ1n) is 7.20. The molecule has 0 aliphatic carbocycles. The van der Waals surface area contributed by atoms with Crippen LogP contribution in [0.25, 0.3) is 0 Å². The Bertz CT molecular complexity index is 553. The summed E-state index contributed by atoms with van der Waals surface area (Å²) in [5, 5.41) is 2.75. The first kappa shape index (κ1) is 15.0. The topological polar surface area (TPSA) is 49.4 Å². The molecule has 1 aromatic carbocycles. The molecule has 1 aliphatic heterocycles. The Morgan fingerprint density at radius 3 is 2.38 bits per heavy atom. The van der Waals surface area contributed by atoms with Gasteiger partial charge in [-0.15, -0.1) is 0 Å². The van der Waals surface area contributed by atoms with E-state index in [9.17, 15) is 9.59 Å². The summed E-state index contributed by atoms with van der Waals surface area (Å²) in [4.78, 5) is 25.7. The van der Waals surface area contributed by atoms with Crippen LogP contribution in [0.15, 0.2) is 48.6 Å². The van der Waals surface area contributed by atoms with Crippen molar-refractivity contribution >= 4 is 17.5 Å². The van der Waals surface area contributed by atoms with Gasteiger partial charge in [0.1, 0.15) is 0 Å². The molecule has 0 radical (unpaired) electrons. The van der Waals surface area contributed by atoms with Crippen molar-refractivity contribution in [2.24, 2.45) is 0 Å². The Morgan fingerprint density at radius 1 is 1.10 bits per heavy atom. The zero-order valence-corrected chi connectivity index (χ0v) is 12.2. The number of likely N-dealkylation sites (tertiary alicyclic amines) is 1. The molecule has 1 fully saturated rings. The van der Waals surface area contributed by atoms with E-state index in [2.05, 4.69) is 5.32 Å². The number of hydrogen-bond acceptors (Lipinski definition) is 2. The minimum absolute atomic E-state index is 0.0679. The Morgan fingerprint density at radius 2 is 1.76 bits per heavy atom. The van der Waals surface area contributed by atoms with Crippen molar-refractivity contribution in [2.45, 2.75) is 19.8 Å². The van der Waals surface area contributed by atoms with Crippen molar-refractivity contribution in [1.82, 2.24) is 4.90 Å². The Balaban J connectivity index is 1.95. The van der Waals surface area contributed by atoms with Crippen molar-refractivity contribution < 1.29 is 9.59 Å². The highest BCUT2D eigenvalue weighted by Crippen LogP contribution is 2.15. The lowest BCUT2D eigenvalue weighted by atomic mass is 10.2. The van der Waals surface area contributed by atoms with Gasteiger partial charge in [-0.05, 0) is 44.0 Å². The highest BCUT2D eigenvalue weighted by Gasteiger charge is 2.19. The van der Waals surface area contributed by atoms with Gasteiger partial charge in [-0.3, -0.25) is 9.59 Å². The largest absolute Gasteiger partial charge is 0.339 e. The number of amides is 2. The molecule has 110 valence electrons. The van der Waals surface area contributed by atoms with Gasteiger partial charge in [0, 0.05) is 30.4 Å². The molecule has 0 aromatic heterocycles. The average molecular weight is 284 g/mol. The van der Waals surface area contributed by atoms with E-state index < -0.39 is 0 Å². The maximum atomic E-state index is 12.2. The van der Waals surface area contributed by atoms with Crippen LogP contribution in [0.3, 0.4) is 0 Å². The normalized spacial score (nSPS) is 15.0. The summed E-state index contributed by atoms with van der Waals surface area (Å²) in [6, 6.07) is 7.02. The van der Waals surface area contributed by atoms with Gasteiger partial charge < -0.3 is 10.2 Å². The van der Waals surface area contributed by atoms with Gasteiger partial charge in [0.25, 0.3) is 5.91 Å². The lowest BCUT2D eigenvalue weighted by Gasteiger charge is -2.15. The third-order valence-corrected chi connectivity index (χ3v) is 3.34. The molecule has 4 heteroatoms. The lowest BCUT2D eigenvalue weighted by molar-refractivity contribution is -0.111. The fraction of sp³-hybridized carbons (Fsp3) is 0.294. The fourth-order valence-corrected chi connectivity index (χ4v) is 2.24. The van der Waals surface area contributed by atoms with Gasteiger partial charge in [-0.1, -0.05) is 18.2 Å². The number of benzene rings is 1. The van der Waals surface area contributed by atoms with Crippen LogP contribution in [0.5, 0.6) is 0 Å². The van der Waals surface area contributed by atoms with E-state index in [1.54, 1.807) is 36.4 Å². The van der Waals surface area contributed by atoms with Crippen LogP contribution in [-0.4, -0.2) is 29.8 Å². The molecule has 0 bridgehead atoms. The van der Waals surface area contributed by atoms with Gasteiger partial charge in [-0.2, -0.15) is 0 Å². The van der Waals surface area contributed by atoms with Crippen LogP contribution in [0, 0.1) is 0 Å². The summed E-state index contributed by atoms with van der Waals surface area (Å²) in [5.41, 5.74) is 1.35. The molecule has 0 spiro atoms. The molecule has 2 rings (SSSR count). The van der Waals surface area contributed by atoms with E-state index >= 15 is 0 Å². The molecular formula is C17H20N2O2. The average Bonchev–Trinajstić information content (AvgIpc) is 3.02. The van der Waals surface area contributed by atoms with Crippen molar-refractivity contribution in [3.05, 3.63) is 54.1 Å². The maximum Gasteiger partial charge on any atom is 0.253 e. The maximum absolute atomic E-state index is 12.2. The molecule has 1 heterocycles. The van der Waals surface area contributed by atoms with Crippen LogP contribution in [0.2, 0.25) is 0 Å². The molecule has 21 heavy (non-hydrogen) atoms. The second-order valence-electron chi connectivity index (χ2n) is 4.95. The van der Waals surface area contributed by atoms with Gasteiger partial charge in [-0.25, -0.2) is 0 Å². The van der Waals surface area contributed by atoms with Crippen LogP contribution in [0.1, 0.15) is 30.1 Å². The quantitative estimate of drug-likeness (QED) is 0.682. The molecule has 1 N–H and O–H groups in total. The summed E-state index contributed by atoms with van der Waals surface area (Å²) < 4.78 is 0. The molecule has 1 aromatic rings. The predicted octanol–water partition coefficient (Wildman–Crippen LogP) is 2.99. The van der Waals surface area contributed by atoms with E-state index in [0.29, 0.717) is 11.3 Å². The molecule has 4 nitrogen and oxygen atoms in total. The number of allylic oxidation sites excluding steroid dienone is 3. The van der Waals surface area contributed by atoms with Crippen molar-refractivity contribution in [1.29, 1.82) is 0 Å². The summed E-state index contributed by atoms with van der Waals surface area (Å²) >= 11 is 0. The summed E-state index contributed by atoms with van der Waals surface area (Å²) in [6.45, 7) is 3.57. The number of anilines is 1. The predicted molar refractivity (Wildman–Crippen MR) is 84.2 cm³/mol. The number of nitrogens with zero attached hydrogens (tertiary/aromatic N) is 1. The molecule has 1 saturated heterocycles. The third-order valence-electron chi connectivity index (χ3n) is 3.34. The minimum atomic E-state index is -0.188. The van der Waals surface area contributed by atoms with Crippen molar-refractivity contribution in [3.8, 4) is 0 Å². The first-order chi connectivity index (χ1) is 10.2. The monoisotopic (exact) mass is 284 g/mol. The number of nitrogens with one attached hydrogen (secondary N) is 1. The van der Waals surface area contributed by atoms with Crippen LogP contribution in [-0.2, 0) is 4.79 Å². The molecule has 0 atom stereocenters. The fourth-order valence-electron chi connectivity index (χ4n) is 2.24. The summed E-state index contributed by atoms with van der Waals surface area (Å²) in [7, 11) is 0. The number of rotatable bonds is 4. The SMILES string of the molecule is CC=CC=CC(=O)Nc1ccc(C(=O)N2CCCC2)cc1. The number of carbonyl (C=O) groups excluding carboxylic acids is 2. The first-order valence-corrected chi connectivity index (χ1v) is 7.20. The second-order valence-corrected chi connectivity index (χ2v) is 4.95. The van der Waals surface area contributed by atoms with Gasteiger partial charge >= 0.3 is 0 Å². The van der Waals surface area contributed by atoms with Crippen LogP contribution < -0.4 is 5.32 Å². The summed E-state index contributed by atoms with van der Waals surface area (Å²) in [6.07, 6.45) is 8.95. The second kappa shape index (κ2) is 7.43. The van der Waals surface area contributed by atoms with E-state index in [-0.39, 0.29) is 11.8 Å². The zero-order valence-electron chi connectivity index (χ0n) is 12.2. The van der Waals surface area contributed by atoms with E-state index in [4.69, 9.17) is 0 Å². The smallest absolute Gasteiger partial charge is 0.253 e. The standard InChI is InChI=1S/C17H20N2O2/c1-2-3-4-7-16(20)18-15-10-8-14(9-11-15)17(21)19-12-5-6-13-19/h2-4,7-11H,5-6,12-13H2,1H3,(H,18,20). The minimum Gasteiger partial charge on any atom is -0.339 e. The van der Waals surface area contributed by atoms with Gasteiger partial charge in [0.05, 0.1) is 0 Å². The zero-order chi connectivity index (χ0) is 15.1. The Hall–Kier alpha value is -2.36. The molecule has 0 unspecified atom stereocenters.